The molecule has 11 heteroatoms. The molecule has 2 saturated carbocycles. The fraction of sp³-hybridized carbons (Fsp3) is 0.579. The highest BCUT2D eigenvalue weighted by atomic mass is 19.4. The van der Waals surface area contributed by atoms with Crippen LogP contribution >= 0.6 is 0 Å². The third-order valence-electron chi connectivity index (χ3n) is 6.05. The molecule has 2 aromatic rings. The number of rotatable bonds is 6. The molecular formula is C19H20F5N5O. The molecular weight excluding hydrogens is 409 g/mol. The van der Waals surface area contributed by atoms with Crippen LogP contribution in [0.4, 0.5) is 27.8 Å². The molecule has 3 aliphatic rings. The molecule has 5 rings (SSSR count). The number of piperidine rings is 1. The van der Waals surface area contributed by atoms with Crippen LogP contribution in [-0.4, -0.2) is 51.9 Å². The second-order valence-electron chi connectivity index (χ2n) is 8.28. The van der Waals surface area contributed by atoms with Crippen LogP contribution < -0.4 is 10.5 Å². The van der Waals surface area contributed by atoms with Crippen molar-refractivity contribution in [3.05, 3.63) is 24.3 Å². The molecule has 2 aliphatic carbocycles. The molecule has 1 saturated heterocycles. The third kappa shape index (κ3) is 3.70. The zero-order chi connectivity index (χ0) is 21.2. The number of aromatic nitrogens is 3. The molecule has 2 N–H and O–H groups in total. The fourth-order valence-corrected chi connectivity index (χ4v) is 4.59. The number of likely N-dealkylation sites (tertiary alicyclic amines) is 1. The second-order valence-corrected chi connectivity index (χ2v) is 8.28. The van der Waals surface area contributed by atoms with Gasteiger partial charge in [-0.15, -0.1) is 0 Å². The van der Waals surface area contributed by atoms with Gasteiger partial charge in [-0.25, -0.2) is 9.97 Å². The van der Waals surface area contributed by atoms with E-state index < -0.39 is 19.3 Å². The summed E-state index contributed by atoms with van der Waals surface area (Å²) >= 11 is 0. The Morgan fingerprint density at radius 3 is 2.50 bits per heavy atom. The number of halogens is 5. The quantitative estimate of drug-likeness (QED) is 0.710. The van der Waals surface area contributed by atoms with E-state index in [4.69, 9.17) is 10.7 Å². The maximum absolute atomic E-state index is 12.7. The lowest BCUT2D eigenvalue weighted by molar-refractivity contribution is -0.144. The topological polar surface area (TPSA) is 69.2 Å². The number of nitrogen functional groups attached to an aromatic ring is 1. The summed E-state index contributed by atoms with van der Waals surface area (Å²) in [6.07, 6.45) is 1.14. The van der Waals surface area contributed by atoms with Gasteiger partial charge < -0.3 is 15.0 Å². The minimum atomic E-state index is -4.19. The number of nitrogens with two attached hydrogens (primary N) is 1. The van der Waals surface area contributed by atoms with Crippen LogP contribution in [0.3, 0.4) is 0 Å². The number of pyridine rings is 1. The Hall–Kier alpha value is -2.43. The number of anilines is 1. The molecule has 0 bridgehead atoms. The standard InChI is InChI=1S/C19H20F5N5O/c20-18(21)30-14-3-10(4-26-16(14)25)13-7-29(17(27-13)9-1-2-9)15-11-5-28(6-12(11)15)8-19(22,23)24/h3-4,7,9,11-12,15,18H,1-2,5-6,8H2,(H2,25,26). The van der Waals surface area contributed by atoms with Crippen molar-refractivity contribution in [3.63, 3.8) is 0 Å². The van der Waals surface area contributed by atoms with E-state index in [9.17, 15) is 22.0 Å². The lowest BCUT2D eigenvalue weighted by Crippen LogP contribution is -2.34. The summed E-state index contributed by atoms with van der Waals surface area (Å²) in [5.41, 5.74) is 6.68. The second kappa shape index (κ2) is 6.79. The van der Waals surface area contributed by atoms with E-state index in [1.807, 2.05) is 6.20 Å². The van der Waals surface area contributed by atoms with Gasteiger partial charge in [0.2, 0.25) is 0 Å². The lowest BCUT2D eigenvalue weighted by atomic mass is 10.2. The van der Waals surface area contributed by atoms with Gasteiger partial charge in [0.1, 0.15) is 5.82 Å². The number of hydrogen-bond acceptors (Lipinski definition) is 5. The SMILES string of the molecule is Nc1ncc(-c2cn(C3C4CN(CC(F)(F)F)CC43)c(C3CC3)n2)cc1OC(F)F. The highest BCUT2D eigenvalue weighted by Gasteiger charge is 2.58. The maximum atomic E-state index is 12.7. The van der Waals surface area contributed by atoms with Crippen LogP contribution in [0, 0.1) is 11.8 Å². The van der Waals surface area contributed by atoms with Crippen LogP contribution in [0.1, 0.15) is 30.6 Å². The largest absolute Gasteiger partial charge is 0.431 e. The Bertz CT molecular complexity index is 945. The average Bonchev–Trinajstić information content (AvgIpc) is 3.51. The molecule has 2 atom stereocenters. The Balaban J connectivity index is 1.38. The Morgan fingerprint density at radius 1 is 1.20 bits per heavy atom. The van der Waals surface area contributed by atoms with Gasteiger partial charge in [-0.1, -0.05) is 0 Å². The van der Waals surface area contributed by atoms with Crippen molar-refractivity contribution in [3.8, 4) is 17.0 Å². The maximum Gasteiger partial charge on any atom is 0.401 e. The molecule has 0 spiro atoms. The zero-order valence-corrected chi connectivity index (χ0v) is 15.8. The first kappa shape index (κ1) is 19.5. The molecule has 3 heterocycles. The zero-order valence-electron chi connectivity index (χ0n) is 15.8. The summed E-state index contributed by atoms with van der Waals surface area (Å²) in [6, 6.07) is 1.52. The Morgan fingerprint density at radius 2 is 1.90 bits per heavy atom. The first-order valence-electron chi connectivity index (χ1n) is 9.78. The number of ether oxygens (including phenoxy) is 1. The first-order chi connectivity index (χ1) is 14.2. The van der Waals surface area contributed by atoms with Crippen molar-refractivity contribution in [1.29, 1.82) is 0 Å². The molecule has 30 heavy (non-hydrogen) atoms. The van der Waals surface area contributed by atoms with Crippen molar-refractivity contribution in [2.45, 2.75) is 37.6 Å². The Labute approximate surface area is 168 Å². The van der Waals surface area contributed by atoms with E-state index in [2.05, 4.69) is 14.3 Å². The summed E-state index contributed by atoms with van der Waals surface area (Å²) in [7, 11) is 0. The van der Waals surface area contributed by atoms with Gasteiger partial charge in [0.15, 0.2) is 11.6 Å². The summed E-state index contributed by atoms with van der Waals surface area (Å²) in [5.74, 6) is 1.23. The summed E-state index contributed by atoms with van der Waals surface area (Å²) < 4.78 is 69.6. The van der Waals surface area contributed by atoms with Crippen LogP contribution in [0.5, 0.6) is 5.75 Å². The molecule has 0 amide bonds. The van der Waals surface area contributed by atoms with E-state index >= 15 is 0 Å². The van der Waals surface area contributed by atoms with E-state index in [0.717, 1.165) is 18.7 Å². The normalized spacial score (nSPS) is 26.3. The van der Waals surface area contributed by atoms with Crippen molar-refractivity contribution in [2.75, 3.05) is 25.4 Å². The molecule has 0 aromatic carbocycles. The molecule has 3 fully saturated rings. The van der Waals surface area contributed by atoms with Gasteiger partial charge in [-0.05, 0) is 30.7 Å². The first-order valence-corrected chi connectivity index (χ1v) is 9.78. The van der Waals surface area contributed by atoms with E-state index in [1.54, 1.807) is 0 Å². The van der Waals surface area contributed by atoms with E-state index in [0.29, 0.717) is 30.3 Å². The minimum absolute atomic E-state index is 0.129. The van der Waals surface area contributed by atoms with Crippen LogP contribution in [-0.2, 0) is 0 Å². The molecule has 0 radical (unpaired) electrons. The third-order valence-corrected chi connectivity index (χ3v) is 6.05. The van der Waals surface area contributed by atoms with Gasteiger partial charge in [0.25, 0.3) is 0 Å². The van der Waals surface area contributed by atoms with Crippen LogP contribution in [0.25, 0.3) is 11.3 Å². The van der Waals surface area contributed by atoms with Crippen molar-refractivity contribution in [2.24, 2.45) is 11.8 Å². The minimum Gasteiger partial charge on any atom is -0.431 e. The molecule has 1 aliphatic heterocycles. The van der Waals surface area contributed by atoms with Crippen molar-refractivity contribution >= 4 is 5.82 Å². The van der Waals surface area contributed by atoms with E-state index in [1.165, 1.54) is 17.2 Å². The van der Waals surface area contributed by atoms with Gasteiger partial charge >= 0.3 is 12.8 Å². The monoisotopic (exact) mass is 429 g/mol. The average molecular weight is 429 g/mol. The van der Waals surface area contributed by atoms with Crippen molar-refractivity contribution in [1.82, 2.24) is 19.4 Å². The van der Waals surface area contributed by atoms with Gasteiger partial charge in [0, 0.05) is 43.0 Å². The molecule has 2 aromatic heterocycles. The summed E-state index contributed by atoms with van der Waals surface area (Å²) in [6.45, 7) is -3.05. The highest BCUT2D eigenvalue weighted by molar-refractivity contribution is 5.64. The number of fused-ring (bicyclic) bond motifs is 1. The Kier molecular flexibility index (Phi) is 4.42. The number of nitrogens with zero attached hydrogens (tertiary/aromatic N) is 4. The lowest BCUT2D eigenvalue weighted by Gasteiger charge is -2.21. The number of imidazole rings is 1. The summed E-state index contributed by atoms with van der Waals surface area (Å²) in [4.78, 5) is 10.1. The predicted octanol–water partition coefficient (Wildman–Crippen LogP) is 3.67. The smallest absolute Gasteiger partial charge is 0.401 e. The highest BCUT2D eigenvalue weighted by Crippen LogP contribution is 2.57. The number of hydrogen-bond donors (Lipinski definition) is 1. The molecule has 162 valence electrons. The molecule has 6 nitrogen and oxygen atoms in total. The summed E-state index contributed by atoms with van der Waals surface area (Å²) in [5, 5.41) is 0. The molecule has 2 unspecified atom stereocenters. The van der Waals surface area contributed by atoms with Crippen molar-refractivity contribution < 1.29 is 26.7 Å². The fourth-order valence-electron chi connectivity index (χ4n) is 4.59. The van der Waals surface area contributed by atoms with Crippen LogP contribution in [0.2, 0.25) is 0 Å². The van der Waals surface area contributed by atoms with E-state index in [-0.39, 0.29) is 29.4 Å². The van der Waals surface area contributed by atoms with Crippen LogP contribution in [0.15, 0.2) is 18.5 Å². The number of alkyl halides is 5. The van der Waals surface area contributed by atoms with Gasteiger partial charge in [0.05, 0.1) is 12.2 Å². The van der Waals surface area contributed by atoms with Gasteiger partial charge in [-0.2, -0.15) is 22.0 Å². The predicted molar refractivity (Wildman–Crippen MR) is 97.0 cm³/mol. The van der Waals surface area contributed by atoms with Gasteiger partial charge in [-0.3, -0.25) is 4.90 Å².